The summed E-state index contributed by atoms with van der Waals surface area (Å²) in [6, 6.07) is -0.610. The molecule has 0 radical (unpaired) electrons. The summed E-state index contributed by atoms with van der Waals surface area (Å²) in [5.74, 6) is -0.885. The van der Waals surface area contributed by atoms with Crippen LogP contribution in [0.15, 0.2) is 0 Å². The molecule has 0 saturated carbocycles. The van der Waals surface area contributed by atoms with Crippen LogP contribution in [0.3, 0.4) is 0 Å². The predicted molar refractivity (Wildman–Crippen MR) is 73.1 cm³/mol. The average molecular weight is 288 g/mol. The van der Waals surface area contributed by atoms with Gasteiger partial charge in [0, 0.05) is 13.5 Å². The van der Waals surface area contributed by atoms with Crippen molar-refractivity contribution in [2.24, 2.45) is 5.92 Å². The van der Waals surface area contributed by atoms with Gasteiger partial charge in [-0.15, -0.1) is 0 Å². The molecule has 0 rings (SSSR count). The number of hydrogen-bond donors (Lipinski definition) is 3. The number of ketones is 1. The molecule has 3 unspecified atom stereocenters. The van der Waals surface area contributed by atoms with Crippen molar-refractivity contribution >= 4 is 17.8 Å². The van der Waals surface area contributed by atoms with Gasteiger partial charge in [0.25, 0.3) is 5.91 Å². The second-order valence-corrected chi connectivity index (χ2v) is 5.09. The van der Waals surface area contributed by atoms with E-state index in [4.69, 9.17) is 4.74 Å². The molecule has 116 valence electrons. The van der Waals surface area contributed by atoms with E-state index in [9.17, 15) is 19.5 Å². The summed E-state index contributed by atoms with van der Waals surface area (Å²) >= 11 is 0. The molecule has 0 aromatic rings. The molecule has 0 spiro atoms. The number of alkyl carbamates (subject to hydrolysis) is 1. The largest absolute Gasteiger partial charge is 0.436 e. The molecule has 3 atom stereocenters. The number of rotatable bonds is 7. The second-order valence-electron chi connectivity index (χ2n) is 5.09. The monoisotopic (exact) mass is 288 g/mol. The first-order chi connectivity index (χ1) is 9.18. The van der Waals surface area contributed by atoms with Crippen LogP contribution >= 0.6 is 0 Å². The van der Waals surface area contributed by atoms with Crippen LogP contribution in [0, 0.1) is 5.92 Å². The molecule has 0 aliphatic rings. The fourth-order valence-corrected chi connectivity index (χ4v) is 1.54. The molecule has 20 heavy (non-hydrogen) atoms. The van der Waals surface area contributed by atoms with Gasteiger partial charge in [-0.25, -0.2) is 4.79 Å². The SMILES string of the molecule is CNC(=O)OC(C(=O)NC(C)C(O)CC(C)=O)C(C)C. The molecule has 0 aliphatic heterocycles. The smallest absolute Gasteiger partial charge is 0.407 e. The zero-order chi connectivity index (χ0) is 15.9. The third kappa shape index (κ3) is 6.51. The number of hydrogen-bond acceptors (Lipinski definition) is 5. The van der Waals surface area contributed by atoms with E-state index < -0.39 is 30.3 Å². The summed E-state index contributed by atoms with van der Waals surface area (Å²) in [5, 5.41) is 14.6. The van der Waals surface area contributed by atoms with Gasteiger partial charge in [0.2, 0.25) is 0 Å². The Bertz CT molecular complexity index is 357. The van der Waals surface area contributed by atoms with Crippen molar-refractivity contribution in [1.29, 1.82) is 0 Å². The molecule has 0 bridgehead atoms. The first kappa shape index (κ1) is 18.4. The Kier molecular flexibility index (Phi) is 7.83. The number of ether oxygens (including phenoxy) is 1. The van der Waals surface area contributed by atoms with Crippen molar-refractivity contribution in [2.45, 2.75) is 52.4 Å². The minimum Gasteiger partial charge on any atom is -0.436 e. The summed E-state index contributed by atoms with van der Waals surface area (Å²) in [6.45, 7) is 6.43. The molecule has 0 fully saturated rings. The lowest BCUT2D eigenvalue weighted by Gasteiger charge is -2.25. The van der Waals surface area contributed by atoms with E-state index in [-0.39, 0.29) is 18.1 Å². The molecule has 0 saturated heterocycles. The summed E-state index contributed by atoms with van der Waals surface area (Å²) in [7, 11) is 1.40. The van der Waals surface area contributed by atoms with E-state index >= 15 is 0 Å². The van der Waals surface area contributed by atoms with Gasteiger partial charge in [0.1, 0.15) is 5.78 Å². The van der Waals surface area contributed by atoms with Crippen molar-refractivity contribution in [1.82, 2.24) is 10.6 Å². The minimum atomic E-state index is -0.968. The maximum Gasteiger partial charge on any atom is 0.407 e. The first-order valence-corrected chi connectivity index (χ1v) is 6.55. The lowest BCUT2D eigenvalue weighted by Crippen LogP contribution is -2.49. The maximum atomic E-state index is 12.0. The molecule has 7 heteroatoms. The van der Waals surface area contributed by atoms with Gasteiger partial charge >= 0.3 is 6.09 Å². The Morgan fingerprint density at radius 3 is 2.15 bits per heavy atom. The zero-order valence-corrected chi connectivity index (χ0v) is 12.6. The molecule has 0 aromatic carbocycles. The predicted octanol–water partition coefficient (Wildman–Crippen LogP) is 0.212. The Balaban J connectivity index is 4.59. The number of carbonyl (C=O) groups is 3. The van der Waals surface area contributed by atoms with Gasteiger partial charge in [0.05, 0.1) is 12.1 Å². The zero-order valence-electron chi connectivity index (χ0n) is 12.6. The van der Waals surface area contributed by atoms with Gasteiger partial charge in [0.15, 0.2) is 6.10 Å². The second kappa shape index (κ2) is 8.52. The van der Waals surface area contributed by atoms with Crippen molar-refractivity contribution < 1.29 is 24.2 Å². The van der Waals surface area contributed by atoms with E-state index in [0.717, 1.165) is 0 Å². The van der Waals surface area contributed by atoms with E-state index in [1.165, 1.54) is 14.0 Å². The fraction of sp³-hybridized carbons (Fsp3) is 0.769. The number of aliphatic hydroxyl groups is 1. The molecule has 2 amide bonds. The number of Topliss-reactive ketones (excluding diaryl/α,β-unsaturated/α-hetero) is 1. The lowest BCUT2D eigenvalue weighted by molar-refractivity contribution is -0.133. The molecule has 0 aromatic heterocycles. The topological polar surface area (TPSA) is 105 Å². The summed E-state index contributed by atoms with van der Waals surface area (Å²) in [6.07, 6.45) is -2.66. The molecule has 3 N–H and O–H groups in total. The normalized spacial score (nSPS) is 15.2. The fourth-order valence-electron chi connectivity index (χ4n) is 1.54. The summed E-state index contributed by atoms with van der Waals surface area (Å²) < 4.78 is 4.97. The molecule has 0 aliphatic carbocycles. The Morgan fingerprint density at radius 1 is 1.20 bits per heavy atom. The van der Waals surface area contributed by atoms with Crippen LogP contribution in [0.25, 0.3) is 0 Å². The number of amides is 2. The van der Waals surface area contributed by atoms with E-state index in [1.807, 2.05) is 0 Å². The van der Waals surface area contributed by atoms with Gasteiger partial charge in [-0.3, -0.25) is 9.59 Å². The van der Waals surface area contributed by atoms with Crippen LogP contribution in [0.4, 0.5) is 4.79 Å². The molecular formula is C13H24N2O5. The minimum absolute atomic E-state index is 0.0376. The lowest BCUT2D eigenvalue weighted by atomic mass is 10.0. The Hall–Kier alpha value is -1.63. The molecule has 7 nitrogen and oxygen atoms in total. The van der Waals surface area contributed by atoms with Crippen molar-refractivity contribution in [3.63, 3.8) is 0 Å². The van der Waals surface area contributed by atoms with E-state index in [2.05, 4.69) is 10.6 Å². The number of aliphatic hydroxyl groups excluding tert-OH is 1. The van der Waals surface area contributed by atoms with Crippen molar-refractivity contribution in [2.75, 3.05) is 7.05 Å². The first-order valence-electron chi connectivity index (χ1n) is 6.55. The Labute approximate surface area is 119 Å². The highest BCUT2D eigenvalue weighted by Crippen LogP contribution is 2.09. The summed E-state index contributed by atoms with van der Waals surface area (Å²) in [5.41, 5.74) is 0. The highest BCUT2D eigenvalue weighted by Gasteiger charge is 2.28. The van der Waals surface area contributed by atoms with Gasteiger partial charge in [-0.2, -0.15) is 0 Å². The summed E-state index contributed by atoms with van der Waals surface area (Å²) in [4.78, 5) is 34.1. The molecular weight excluding hydrogens is 264 g/mol. The van der Waals surface area contributed by atoms with Crippen LogP contribution in [-0.4, -0.2) is 48.2 Å². The van der Waals surface area contributed by atoms with Crippen molar-refractivity contribution in [3.8, 4) is 0 Å². The maximum absolute atomic E-state index is 12.0. The van der Waals surface area contributed by atoms with E-state index in [0.29, 0.717) is 0 Å². The highest BCUT2D eigenvalue weighted by atomic mass is 16.6. The average Bonchev–Trinajstić information content (AvgIpc) is 2.33. The van der Waals surface area contributed by atoms with Crippen LogP contribution in [0.2, 0.25) is 0 Å². The third-order valence-corrected chi connectivity index (χ3v) is 2.75. The van der Waals surface area contributed by atoms with Crippen LogP contribution in [0.5, 0.6) is 0 Å². The third-order valence-electron chi connectivity index (χ3n) is 2.75. The van der Waals surface area contributed by atoms with Gasteiger partial charge in [-0.05, 0) is 19.8 Å². The number of carbonyl (C=O) groups excluding carboxylic acids is 3. The number of nitrogens with one attached hydrogen (secondary N) is 2. The van der Waals surface area contributed by atoms with Crippen LogP contribution in [-0.2, 0) is 14.3 Å². The van der Waals surface area contributed by atoms with Crippen molar-refractivity contribution in [3.05, 3.63) is 0 Å². The molecule has 0 heterocycles. The van der Waals surface area contributed by atoms with Gasteiger partial charge < -0.3 is 20.5 Å². The highest BCUT2D eigenvalue weighted by molar-refractivity contribution is 5.84. The van der Waals surface area contributed by atoms with Crippen LogP contribution in [0.1, 0.15) is 34.1 Å². The Morgan fingerprint density at radius 2 is 1.75 bits per heavy atom. The standard InChI is InChI=1S/C13H24N2O5/c1-7(2)11(20-13(19)14-5)12(18)15-9(4)10(17)6-8(3)16/h7,9-11,17H,6H2,1-5H3,(H,14,19)(H,15,18). The quantitative estimate of drug-likeness (QED) is 0.621. The van der Waals surface area contributed by atoms with Crippen LogP contribution < -0.4 is 10.6 Å². The van der Waals surface area contributed by atoms with Gasteiger partial charge in [-0.1, -0.05) is 13.8 Å². The van der Waals surface area contributed by atoms with E-state index in [1.54, 1.807) is 20.8 Å².